The SMILES string of the molecule is CCCCOCCNc1ccc(Br)cn1. The van der Waals surface area contributed by atoms with Crippen LogP contribution in [0.5, 0.6) is 0 Å². The Hall–Kier alpha value is -0.610. The predicted octanol–water partition coefficient (Wildman–Crippen LogP) is 3.07. The highest BCUT2D eigenvalue weighted by Crippen LogP contribution is 2.09. The molecular weight excluding hydrogens is 256 g/mol. The van der Waals surface area contributed by atoms with E-state index in [9.17, 15) is 0 Å². The fourth-order valence-corrected chi connectivity index (χ4v) is 1.31. The number of unbranched alkanes of at least 4 members (excludes halogenated alkanes) is 1. The maximum Gasteiger partial charge on any atom is 0.126 e. The van der Waals surface area contributed by atoms with E-state index in [2.05, 4.69) is 33.2 Å². The Kier molecular flexibility index (Phi) is 6.36. The summed E-state index contributed by atoms with van der Waals surface area (Å²) in [6.45, 7) is 4.55. The van der Waals surface area contributed by atoms with Crippen LogP contribution in [0.25, 0.3) is 0 Å². The average Bonchev–Trinajstić information content (AvgIpc) is 2.26. The molecule has 1 aromatic rings. The lowest BCUT2D eigenvalue weighted by molar-refractivity contribution is 0.141. The van der Waals surface area contributed by atoms with E-state index in [-0.39, 0.29) is 0 Å². The van der Waals surface area contributed by atoms with E-state index < -0.39 is 0 Å². The number of anilines is 1. The van der Waals surface area contributed by atoms with E-state index in [0.29, 0.717) is 0 Å². The van der Waals surface area contributed by atoms with Crippen molar-refractivity contribution in [2.24, 2.45) is 0 Å². The Labute approximate surface area is 99.4 Å². The van der Waals surface area contributed by atoms with Crippen molar-refractivity contribution in [3.05, 3.63) is 22.8 Å². The van der Waals surface area contributed by atoms with Crippen LogP contribution in [0.4, 0.5) is 5.82 Å². The molecule has 0 bridgehead atoms. The van der Waals surface area contributed by atoms with E-state index in [1.54, 1.807) is 6.20 Å². The monoisotopic (exact) mass is 272 g/mol. The van der Waals surface area contributed by atoms with Gasteiger partial charge in [-0.3, -0.25) is 0 Å². The van der Waals surface area contributed by atoms with E-state index in [4.69, 9.17) is 4.74 Å². The molecule has 0 atom stereocenters. The molecule has 0 aliphatic carbocycles. The molecule has 1 aromatic heterocycles. The summed E-state index contributed by atoms with van der Waals surface area (Å²) in [7, 11) is 0. The van der Waals surface area contributed by atoms with Gasteiger partial charge >= 0.3 is 0 Å². The van der Waals surface area contributed by atoms with Gasteiger partial charge in [0.15, 0.2) is 0 Å². The van der Waals surface area contributed by atoms with Crippen molar-refractivity contribution in [1.82, 2.24) is 4.98 Å². The van der Waals surface area contributed by atoms with E-state index in [0.717, 1.165) is 36.5 Å². The first kappa shape index (κ1) is 12.5. The summed E-state index contributed by atoms with van der Waals surface area (Å²) in [6, 6.07) is 3.91. The molecule has 1 heterocycles. The number of pyridine rings is 1. The van der Waals surface area contributed by atoms with Crippen molar-refractivity contribution in [2.75, 3.05) is 25.1 Å². The summed E-state index contributed by atoms with van der Waals surface area (Å²) in [4.78, 5) is 4.20. The topological polar surface area (TPSA) is 34.1 Å². The summed E-state index contributed by atoms with van der Waals surface area (Å²) in [6.07, 6.45) is 4.10. The van der Waals surface area contributed by atoms with Crippen LogP contribution < -0.4 is 5.32 Å². The van der Waals surface area contributed by atoms with Crippen molar-refractivity contribution in [3.63, 3.8) is 0 Å². The molecule has 0 aromatic carbocycles. The molecule has 0 amide bonds. The zero-order valence-corrected chi connectivity index (χ0v) is 10.6. The highest BCUT2D eigenvalue weighted by Gasteiger charge is 1.93. The Morgan fingerprint density at radius 2 is 2.27 bits per heavy atom. The molecule has 0 unspecified atom stereocenters. The number of nitrogens with zero attached hydrogens (tertiary/aromatic N) is 1. The maximum absolute atomic E-state index is 5.42. The van der Waals surface area contributed by atoms with Crippen LogP contribution in [0, 0.1) is 0 Å². The zero-order chi connectivity index (χ0) is 10.9. The summed E-state index contributed by atoms with van der Waals surface area (Å²) in [5.74, 6) is 0.886. The number of rotatable bonds is 7. The molecule has 0 aliphatic heterocycles. The second-order valence-corrected chi connectivity index (χ2v) is 4.17. The van der Waals surface area contributed by atoms with Crippen LogP contribution in [0.15, 0.2) is 22.8 Å². The fraction of sp³-hybridized carbons (Fsp3) is 0.545. The smallest absolute Gasteiger partial charge is 0.126 e. The molecule has 84 valence electrons. The van der Waals surface area contributed by atoms with Crippen LogP contribution in [-0.2, 0) is 4.74 Å². The van der Waals surface area contributed by atoms with Crippen LogP contribution in [0.2, 0.25) is 0 Å². The summed E-state index contributed by atoms with van der Waals surface area (Å²) < 4.78 is 6.41. The van der Waals surface area contributed by atoms with Crippen LogP contribution >= 0.6 is 15.9 Å². The minimum Gasteiger partial charge on any atom is -0.380 e. The minimum absolute atomic E-state index is 0.734. The van der Waals surface area contributed by atoms with Crippen molar-refractivity contribution >= 4 is 21.7 Å². The number of aromatic nitrogens is 1. The molecule has 4 heteroatoms. The number of hydrogen-bond acceptors (Lipinski definition) is 3. The van der Waals surface area contributed by atoms with Gasteiger partial charge in [-0.15, -0.1) is 0 Å². The highest BCUT2D eigenvalue weighted by atomic mass is 79.9. The number of halogens is 1. The molecular formula is C11H17BrN2O. The average molecular weight is 273 g/mol. The third-order valence-electron chi connectivity index (χ3n) is 1.92. The van der Waals surface area contributed by atoms with Crippen LogP contribution in [0.3, 0.4) is 0 Å². The Morgan fingerprint density at radius 1 is 1.40 bits per heavy atom. The van der Waals surface area contributed by atoms with Gasteiger partial charge in [0.2, 0.25) is 0 Å². The lowest BCUT2D eigenvalue weighted by atomic mass is 10.4. The van der Waals surface area contributed by atoms with Gasteiger partial charge in [0.05, 0.1) is 6.61 Å². The summed E-state index contributed by atoms with van der Waals surface area (Å²) in [5, 5.41) is 3.19. The van der Waals surface area contributed by atoms with Crippen LogP contribution in [-0.4, -0.2) is 24.7 Å². The second-order valence-electron chi connectivity index (χ2n) is 3.25. The Morgan fingerprint density at radius 3 is 2.93 bits per heavy atom. The van der Waals surface area contributed by atoms with E-state index in [1.165, 1.54) is 6.42 Å². The first-order valence-corrected chi connectivity index (χ1v) is 6.05. The first-order valence-electron chi connectivity index (χ1n) is 5.26. The van der Waals surface area contributed by atoms with Gasteiger partial charge in [-0.1, -0.05) is 13.3 Å². The predicted molar refractivity (Wildman–Crippen MR) is 66.2 cm³/mol. The van der Waals surface area contributed by atoms with Gasteiger partial charge in [-0.25, -0.2) is 4.98 Å². The third-order valence-corrected chi connectivity index (χ3v) is 2.39. The highest BCUT2D eigenvalue weighted by molar-refractivity contribution is 9.10. The molecule has 0 aliphatic rings. The Bertz CT molecular complexity index is 264. The zero-order valence-electron chi connectivity index (χ0n) is 9.00. The van der Waals surface area contributed by atoms with Crippen molar-refractivity contribution < 1.29 is 4.74 Å². The van der Waals surface area contributed by atoms with Crippen molar-refractivity contribution in [2.45, 2.75) is 19.8 Å². The number of nitrogens with one attached hydrogen (secondary N) is 1. The first-order chi connectivity index (χ1) is 7.33. The molecule has 0 spiro atoms. The molecule has 0 saturated carbocycles. The maximum atomic E-state index is 5.42. The summed E-state index contributed by atoms with van der Waals surface area (Å²) in [5.41, 5.74) is 0. The molecule has 0 saturated heterocycles. The van der Waals surface area contributed by atoms with Gasteiger partial charge in [0, 0.05) is 23.8 Å². The minimum atomic E-state index is 0.734. The standard InChI is InChI=1S/C11H17BrN2O/c1-2-3-7-15-8-6-13-11-5-4-10(12)9-14-11/h4-5,9H,2-3,6-8H2,1H3,(H,13,14). The quantitative estimate of drug-likeness (QED) is 0.775. The second kappa shape index (κ2) is 7.65. The van der Waals surface area contributed by atoms with E-state index >= 15 is 0 Å². The van der Waals surface area contributed by atoms with Gasteiger partial charge in [0.25, 0.3) is 0 Å². The van der Waals surface area contributed by atoms with Gasteiger partial charge in [-0.2, -0.15) is 0 Å². The molecule has 3 nitrogen and oxygen atoms in total. The number of ether oxygens (including phenoxy) is 1. The van der Waals surface area contributed by atoms with Gasteiger partial charge in [-0.05, 0) is 34.5 Å². The summed E-state index contributed by atoms with van der Waals surface area (Å²) >= 11 is 3.34. The lowest BCUT2D eigenvalue weighted by Crippen LogP contribution is -2.10. The Balaban J connectivity index is 2.07. The third kappa shape index (κ3) is 5.74. The largest absolute Gasteiger partial charge is 0.380 e. The fourth-order valence-electron chi connectivity index (χ4n) is 1.08. The lowest BCUT2D eigenvalue weighted by Gasteiger charge is -2.06. The van der Waals surface area contributed by atoms with Crippen molar-refractivity contribution in [1.29, 1.82) is 0 Å². The van der Waals surface area contributed by atoms with Gasteiger partial charge < -0.3 is 10.1 Å². The molecule has 1 rings (SSSR count). The normalized spacial score (nSPS) is 10.3. The molecule has 15 heavy (non-hydrogen) atoms. The molecule has 0 radical (unpaired) electrons. The van der Waals surface area contributed by atoms with Crippen molar-refractivity contribution in [3.8, 4) is 0 Å². The molecule has 0 fully saturated rings. The van der Waals surface area contributed by atoms with E-state index in [1.807, 2.05) is 12.1 Å². The van der Waals surface area contributed by atoms with Gasteiger partial charge in [0.1, 0.15) is 5.82 Å². The molecule has 1 N–H and O–H groups in total. The van der Waals surface area contributed by atoms with Crippen LogP contribution in [0.1, 0.15) is 19.8 Å². The number of hydrogen-bond donors (Lipinski definition) is 1.